The third-order valence-electron chi connectivity index (χ3n) is 5.93. The first-order valence-electron chi connectivity index (χ1n) is 9.70. The molecule has 2 atom stereocenters. The Balaban J connectivity index is 1.71. The third-order valence-corrected chi connectivity index (χ3v) is 5.93. The molecule has 2 saturated carbocycles. The summed E-state index contributed by atoms with van der Waals surface area (Å²) in [6, 6.07) is 1.06. The number of ether oxygens (including phenoxy) is 1. The molecule has 1 heterocycles. The fourth-order valence-corrected chi connectivity index (χ4v) is 4.09. The van der Waals surface area contributed by atoms with E-state index in [2.05, 4.69) is 0 Å². The molecule has 0 radical (unpaired) electrons. The third kappa shape index (κ3) is 3.64. The second kappa shape index (κ2) is 7.22. The normalized spacial score (nSPS) is 24.5. The van der Waals surface area contributed by atoms with Gasteiger partial charge >= 0.3 is 6.09 Å². The van der Waals surface area contributed by atoms with Gasteiger partial charge in [-0.05, 0) is 37.5 Å². The van der Waals surface area contributed by atoms with Crippen LogP contribution in [-0.2, 0) is 4.79 Å². The van der Waals surface area contributed by atoms with Crippen molar-refractivity contribution in [2.24, 2.45) is 11.8 Å². The van der Waals surface area contributed by atoms with Crippen LogP contribution in [0, 0.1) is 23.5 Å². The van der Waals surface area contributed by atoms with Crippen LogP contribution in [0.15, 0.2) is 12.1 Å². The maximum atomic E-state index is 14.8. The summed E-state index contributed by atoms with van der Waals surface area (Å²) >= 11 is 0. The number of carboxylic acid groups (broad SMARTS) is 1. The summed E-state index contributed by atoms with van der Waals surface area (Å²) in [5.41, 5.74) is -0.237. The van der Waals surface area contributed by atoms with Gasteiger partial charge in [-0.3, -0.25) is 9.69 Å². The molecule has 1 N–H and O–H groups in total. The van der Waals surface area contributed by atoms with Gasteiger partial charge in [0.15, 0.2) is 0 Å². The minimum atomic E-state index is -1.22. The topological polar surface area (TPSA) is 70.1 Å². The highest BCUT2D eigenvalue weighted by Crippen LogP contribution is 2.40. The van der Waals surface area contributed by atoms with Crippen molar-refractivity contribution in [2.75, 3.05) is 26.7 Å². The first-order chi connectivity index (χ1) is 13.4. The van der Waals surface area contributed by atoms with Gasteiger partial charge in [0.1, 0.15) is 23.4 Å². The van der Waals surface area contributed by atoms with Crippen LogP contribution in [0.5, 0.6) is 5.75 Å². The highest BCUT2D eigenvalue weighted by Gasteiger charge is 2.50. The number of benzene rings is 1. The summed E-state index contributed by atoms with van der Waals surface area (Å²) in [6.07, 6.45) is 2.64. The van der Waals surface area contributed by atoms with Crippen molar-refractivity contribution in [3.8, 4) is 5.75 Å². The standard InChI is InChI=1S/C20H24F2N2O4/c1-28-13-6-15(21)17(16(22)7-13)14-10-23(8-11-2-3-11)19(25)18(14)24(20(26)27)9-12-4-5-12/h6-7,11-12,14,18H,2-5,8-10H2,1H3,(H,26,27)/t14-,18-/m0/s1. The summed E-state index contributed by atoms with van der Waals surface area (Å²) in [6.45, 7) is 0.857. The van der Waals surface area contributed by atoms with Gasteiger partial charge in [0.2, 0.25) is 5.91 Å². The van der Waals surface area contributed by atoms with E-state index >= 15 is 0 Å². The van der Waals surface area contributed by atoms with E-state index in [1.54, 1.807) is 4.90 Å². The lowest BCUT2D eigenvalue weighted by molar-refractivity contribution is -0.132. The predicted octanol–water partition coefficient (Wildman–Crippen LogP) is 3.07. The van der Waals surface area contributed by atoms with Crippen LogP contribution in [-0.4, -0.2) is 59.7 Å². The highest BCUT2D eigenvalue weighted by molar-refractivity contribution is 5.89. The second-order valence-electron chi connectivity index (χ2n) is 8.12. The number of nitrogens with zero attached hydrogens (tertiary/aromatic N) is 2. The molecular formula is C20H24F2N2O4. The van der Waals surface area contributed by atoms with Crippen molar-refractivity contribution in [2.45, 2.75) is 37.6 Å². The first kappa shape index (κ1) is 19.0. The summed E-state index contributed by atoms with van der Waals surface area (Å²) < 4.78 is 34.5. The van der Waals surface area contributed by atoms with Crippen LogP contribution in [0.1, 0.15) is 37.2 Å². The molecule has 2 aliphatic carbocycles. The molecule has 1 aromatic carbocycles. The number of likely N-dealkylation sites (tertiary alicyclic amines) is 1. The van der Waals surface area contributed by atoms with Crippen molar-refractivity contribution in [1.82, 2.24) is 9.80 Å². The van der Waals surface area contributed by atoms with E-state index in [0.29, 0.717) is 12.5 Å². The number of rotatable bonds is 7. The van der Waals surface area contributed by atoms with Crippen LogP contribution in [0.3, 0.4) is 0 Å². The van der Waals surface area contributed by atoms with Crippen LogP contribution in [0.2, 0.25) is 0 Å². The number of halogens is 2. The molecule has 0 unspecified atom stereocenters. The second-order valence-corrected chi connectivity index (χ2v) is 8.12. The summed E-state index contributed by atoms with van der Waals surface area (Å²) in [5.74, 6) is -2.21. The molecule has 3 fully saturated rings. The van der Waals surface area contributed by atoms with E-state index in [1.807, 2.05) is 0 Å². The largest absolute Gasteiger partial charge is 0.497 e. The van der Waals surface area contributed by atoms with Gasteiger partial charge in [0.05, 0.1) is 7.11 Å². The Morgan fingerprint density at radius 2 is 1.82 bits per heavy atom. The molecule has 3 aliphatic rings. The van der Waals surface area contributed by atoms with Gasteiger partial charge in [-0.15, -0.1) is 0 Å². The molecule has 6 nitrogen and oxygen atoms in total. The monoisotopic (exact) mass is 394 g/mol. The fourth-order valence-electron chi connectivity index (χ4n) is 4.09. The summed E-state index contributed by atoms with van der Waals surface area (Å²) in [5, 5.41) is 9.74. The molecule has 152 valence electrons. The molecule has 28 heavy (non-hydrogen) atoms. The summed E-state index contributed by atoms with van der Waals surface area (Å²) in [7, 11) is 1.31. The van der Waals surface area contributed by atoms with Crippen LogP contribution in [0.4, 0.5) is 13.6 Å². The Kier molecular flexibility index (Phi) is 4.89. The van der Waals surface area contributed by atoms with E-state index in [4.69, 9.17) is 4.74 Å². The van der Waals surface area contributed by atoms with Gasteiger partial charge in [0.25, 0.3) is 0 Å². The quantitative estimate of drug-likeness (QED) is 0.772. The number of amides is 2. The Morgan fingerprint density at radius 1 is 1.21 bits per heavy atom. The van der Waals surface area contributed by atoms with Gasteiger partial charge in [-0.1, -0.05) is 0 Å². The van der Waals surface area contributed by atoms with Crippen molar-refractivity contribution in [3.05, 3.63) is 29.3 Å². The molecule has 8 heteroatoms. The molecular weight excluding hydrogens is 370 g/mol. The zero-order valence-corrected chi connectivity index (χ0v) is 15.7. The van der Waals surface area contributed by atoms with Gasteiger partial charge in [-0.25, -0.2) is 13.6 Å². The molecule has 0 spiro atoms. The average Bonchev–Trinajstić information content (AvgIpc) is 3.54. The Hall–Kier alpha value is -2.38. The maximum absolute atomic E-state index is 14.8. The zero-order valence-electron chi connectivity index (χ0n) is 15.7. The average molecular weight is 394 g/mol. The molecule has 0 aromatic heterocycles. The van der Waals surface area contributed by atoms with Crippen molar-refractivity contribution < 1.29 is 28.2 Å². The zero-order chi connectivity index (χ0) is 20.0. The fraction of sp³-hybridized carbons (Fsp3) is 0.600. The Labute approximate surface area is 162 Å². The molecule has 1 aliphatic heterocycles. The van der Waals surface area contributed by atoms with E-state index in [0.717, 1.165) is 42.7 Å². The van der Waals surface area contributed by atoms with E-state index < -0.39 is 29.7 Å². The number of methoxy groups -OCH3 is 1. The molecule has 0 bridgehead atoms. The lowest BCUT2D eigenvalue weighted by atomic mass is 9.91. The molecule has 2 amide bonds. The number of hydrogen-bond donors (Lipinski definition) is 1. The SMILES string of the molecule is COc1cc(F)c([C@@H]2CN(CC3CC3)C(=O)[C@H]2N(CC2CC2)C(=O)O)c(F)c1. The van der Waals surface area contributed by atoms with E-state index in [-0.39, 0.29) is 36.2 Å². The number of hydrogen-bond acceptors (Lipinski definition) is 3. The van der Waals surface area contributed by atoms with Crippen LogP contribution < -0.4 is 4.74 Å². The van der Waals surface area contributed by atoms with Crippen molar-refractivity contribution >= 4 is 12.0 Å². The van der Waals surface area contributed by atoms with E-state index in [9.17, 15) is 23.5 Å². The lowest BCUT2D eigenvalue weighted by Gasteiger charge is -2.29. The smallest absolute Gasteiger partial charge is 0.408 e. The maximum Gasteiger partial charge on any atom is 0.408 e. The van der Waals surface area contributed by atoms with Crippen LogP contribution in [0.25, 0.3) is 0 Å². The Bertz CT molecular complexity index is 771. The molecule has 1 aromatic rings. The highest BCUT2D eigenvalue weighted by atomic mass is 19.1. The number of carbonyl (C=O) groups is 2. The van der Waals surface area contributed by atoms with Crippen molar-refractivity contribution in [3.63, 3.8) is 0 Å². The Morgan fingerprint density at radius 3 is 2.32 bits per heavy atom. The minimum absolute atomic E-state index is 0.0440. The van der Waals surface area contributed by atoms with E-state index in [1.165, 1.54) is 7.11 Å². The number of carbonyl (C=O) groups excluding carboxylic acids is 1. The molecule has 4 rings (SSSR count). The van der Waals surface area contributed by atoms with Gasteiger partial charge < -0.3 is 14.7 Å². The summed E-state index contributed by atoms with van der Waals surface area (Å²) in [4.78, 5) is 27.7. The van der Waals surface area contributed by atoms with Crippen LogP contribution >= 0.6 is 0 Å². The van der Waals surface area contributed by atoms with Gasteiger partial charge in [0, 0.05) is 43.2 Å². The molecule has 1 saturated heterocycles. The van der Waals surface area contributed by atoms with Gasteiger partial charge in [-0.2, -0.15) is 0 Å². The predicted molar refractivity (Wildman–Crippen MR) is 96.2 cm³/mol. The lowest BCUT2D eigenvalue weighted by Crippen LogP contribution is -2.48. The van der Waals surface area contributed by atoms with Crippen molar-refractivity contribution in [1.29, 1.82) is 0 Å². The first-order valence-corrected chi connectivity index (χ1v) is 9.70. The minimum Gasteiger partial charge on any atom is -0.497 e.